The molecule has 1 aromatic heterocycles. The zero-order valence-electron chi connectivity index (χ0n) is 14.0. The largest absolute Gasteiger partial charge is 0.573 e. The molecule has 1 heterocycles. The van der Waals surface area contributed by atoms with Gasteiger partial charge in [-0.3, -0.25) is 0 Å². The van der Waals surface area contributed by atoms with Crippen LogP contribution in [0, 0.1) is 0 Å². The number of aromatic nitrogens is 2. The van der Waals surface area contributed by atoms with Crippen molar-refractivity contribution in [3.8, 4) is 5.75 Å². The quantitative estimate of drug-likeness (QED) is 0.690. The molecule has 2 aromatic rings. The minimum atomic E-state index is -4.75. The summed E-state index contributed by atoms with van der Waals surface area (Å²) >= 11 is 0. The molecule has 26 heavy (non-hydrogen) atoms. The lowest BCUT2D eigenvalue weighted by Gasteiger charge is -2.14. The van der Waals surface area contributed by atoms with Crippen molar-refractivity contribution in [3.63, 3.8) is 0 Å². The van der Waals surface area contributed by atoms with Crippen molar-refractivity contribution in [2.45, 2.75) is 38.1 Å². The summed E-state index contributed by atoms with van der Waals surface area (Å²) in [5.74, 6) is 0.870. The van der Waals surface area contributed by atoms with Crippen LogP contribution in [-0.2, 0) is 0 Å². The molecule has 0 amide bonds. The number of aliphatic hydroxyl groups is 1. The molecular formula is C17H19F3N4O2. The Balaban J connectivity index is 1.81. The van der Waals surface area contributed by atoms with Crippen molar-refractivity contribution in [3.05, 3.63) is 36.0 Å². The highest BCUT2D eigenvalue weighted by molar-refractivity contribution is 5.59. The molecule has 1 saturated carbocycles. The van der Waals surface area contributed by atoms with Gasteiger partial charge in [0.05, 0.1) is 12.3 Å². The molecule has 6 nitrogen and oxygen atoms in total. The van der Waals surface area contributed by atoms with Gasteiger partial charge >= 0.3 is 6.36 Å². The molecule has 3 N–H and O–H groups in total. The molecule has 0 unspecified atom stereocenters. The molecule has 140 valence electrons. The average Bonchev–Trinajstić information content (AvgIpc) is 3.38. The van der Waals surface area contributed by atoms with Crippen LogP contribution in [0.3, 0.4) is 0 Å². The number of nitrogens with one attached hydrogen (secondary N) is 2. The van der Waals surface area contributed by atoms with Gasteiger partial charge in [-0.25, -0.2) is 4.98 Å². The Morgan fingerprint density at radius 1 is 1.27 bits per heavy atom. The van der Waals surface area contributed by atoms with Crippen LogP contribution in [0.4, 0.5) is 30.6 Å². The van der Waals surface area contributed by atoms with Crippen LogP contribution in [0.15, 0.2) is 30.3 Å². The first-order valence-electron chi connectivity index (χ1n) is 8.21. The molecule has 1 aliphatic rings. The van der Waals surface area contributed by atoms with Crippen LogP contribution in [0.2, 0.25) is 0 Å². The number of benzene rings is 1. The van der Waals surface area contributed by atoms with Crippen LogP contribution in [0.5, 0.6) is 5.75 Å². The first-order chi connectivity index (χ1) is 12.3. The number of hydrogen-bond acceptors (Lipinski definition) is 6. The molecular weight excluding hydrogens is 349 g/mol. The maximum absolute atomic E-state index is 12.4. The van der Waals surface area contributed by atoms with E-state index >= 15 is 0 Å². The number of nitrogens with zero attached hydrogens (tertiary/aromatic N) is 2. The Bertz CT molecular complexity index is 766. The van der Waals surface area contributed by atoms with E-state index in [4.69, 9.17) is 0 Å². The Morgan fingerprint density at radius 2 is 2.04 bits per heavy atom. The average molecular weight is 368 g/mol. The van der Waals surface area contributed by atoms with Crippen molar-refractivity contribution in [1.29, 1.82) is 0 Å². The Labute approximate surface area is 148 Å². The van der Waals surface area contributed by atoms with E-state index in [9.17, 15) is 18.3 Å². The molecule has 1 fully saturated rings. The third kappa shape index (κ3) is 5.22. The number of alkyl halides is 3. The molecule has 1 aliphatic carbocycles. The van der Waals surface area contributed by atoms with Gasteiger partial charge in [-0.15, -0.1) is 13.2 Å². The maximum Gasteiger partial charge on any atom is 0.573 e. The summed E-state index contributed by atoms with van der Waals surface area (Å²) in [6, 6.07) is 7.11. The second-order valence-electron chi connectivity index (χ2n) is 6.20. The molecule has 1 atom stereocenters. The van der Waals surface area contributed by atoms with Crippen LogP contribution in [-0.4, -0.2) is 34.1 Å². The highest BCUT2D eigenvalue weighted by Crippen LogP contribution is 2.40. The van der Waals surface area contributed by atoms with E-state index < -0.39 is 6.36 Å². The van der Waals surface area contributed by atoms with Crippen molar-refractivity contribution < 1.29 is 23.0 Å². The van der Waals surface area contributed by atoms with Crippen molar-refractivity contribution in [1.82, 2.24) is 9.97 Å². The van der Waals surface area contributed by atoms with Gasteiger partial charge in [-0.2, -0.15) is 4.98 Å². The van der Waals surface area contributed by atoms with Crippen LogP contribution in [0.25, 0.3) is 0 Å². The minimum Gasteiger partial charge on any atom is -0.406 e. The number of ether oxygens (including phenoxy) is 1. The predicted octanol–water partition coefficient (Wildman–Crippen LogP) is 3.79. The molecule has 0 aliphatic heterocycles. The number of halogens is 3. The number of anilines is 3. The summed E-state index contributed by atoms with van der Waals surface area (Å²) in [4.78, 5) is 8.77. The molecule has 0 bridgehead atoms. The van der Waals surface area contributed by atoms with Gasteiger partial charge < -0.3 is 20.5 Å². The van der Waals surface area contributed by atoms with E-state index in [-0.39, 0.29) is 18.4 Å². The Morgan fingerprint density at radius 3 is 2.69 bits per heavy atom. The fraction of sp³-hybridized carbons (Fsp3) is 0.412. The smallest absolute Gasteiger partial charge is 0.406 e. The summed E-state index contributed by atoms with van der Waals surface area (Å²) in [5, 5.41) is 15.2. The van der Waals surface area contributed by atoms with Gasteiger partial charge in [-0.1, -0.05) is 6.07 Å². The third-order valence-electron chi connectivity index (χ3n) is 3.73. The zero-order chi connectivity index (χ0) is 18.7. The Kier molecular flexibility index (Phi) is 5.17. The topological polar surface area (TPSA) is 79.3 Å². The van der Waals surface area contributed by atoms with Crippen molar-refractivity contribution in [2.24, 2.45) is 0 Å². The summed E-state index contributed by atoms with van der Waals surface area (Å²) < 4.78 is 41.0. The van der Waals surface area contributed by atoms with E-state index in [2.05, 4.69) is 25.3 Å². The van der Waals surface area contributed by atoms with Gasteiger partial charge in [0.15, 0.2) is 0 Å². The molecule has 9 heteroatoms. The van der Waals surface area contributed by atoms with Gasteiger partial charge in [0.1, 0.15) is 11.6 Å². The molecule has 0 spiro atoms. The summed E-state index contributed by atoms with van der Waals surface area (Å²) in [6.07, 6.45) is -2.66. The first-order valence-corrected chi connectivity index (χ1v) is 8.21. The molecule has 1 aromatic carbocycles. The van der Waals surface area contributed by atoms with Gasteiger partial charge in [0.25, 0.3) is 0 Å². The highest BCUT2D eigenvalue weighted by atomic mass is 19.4. The Hall–Kier alpha value is -2.55. The lowest BCUT2D eigenvalue weighted by molar-refractivity contribution is -0.274. The summed E-state index contributed by atoms with van der Waals surface area (Å²) in [7, 11) is 0. The second-order valence-corrected chi connectivity index (χ2v) is 6.20. The zero-order valence-corrected chi connectivity index (χ0v) is 14.0. The lowest BCUT2D eigenvalue weighted by Crippen LogP contribution is -2.21. The van der Waals surface area contributed by atoms with Crippen molar-refractivity contribution >= 4 is 17.5 Å². The third-order valence-corrected chi connectivity index (χ3v) is 3.73. The van der Waals surface area contributed by atoms with E-state index in [0.29, 0.717) is 23.4 Å². The number of hydrogen-bond donors (Lipinski definition) is 3. The first kappa shape index (κ1) is 18.2. The highest BCUT2D eigenvalue weighted by Gasteiger charge is 2.31. The fourth-order valence-electron chi connectivity index (χ4n) is 2.37. The van der Waals surface area contributed by atoms with Gasteiger partial charge in [-0.05, 0) is 31.9 Å². The predicted molar refractivity (Wildman–Crippen MR) is 90.6 cm³/mol. The summed E-state index contributed by atoms with van der Waals surface area (Å²) in [5.41, 5.74) is 1.27. The van der Waals surface area contributed by atoms with Gasteiger partial charge in [0, 0.05) is 29.8 Å². The van der Waals surface area contributed by atoms with Crippen molar-refractivity contribution in [2.75, 3.05) is 17.2 Å². The van der Waals surface area contributed by atoms with Crippen LogP contribution < -0.4 is 15.4 Å². The SMILES string of the molecule is C[C@@H](CO)Nc1nc(Nc2cccc(OC(F)(F)F)c2)cc(C2CC2)n1. The van der Waals surface area contributed by atoms with Gasteiger partial charge in [0.2, 0.25) is 5.95 Å². The summed E-state index contributed by atoms with van der Waals surface area (Å²) in [6.45, 7) is 1.72. The standard InChI is InChI=1S/C17H19F3N4O2/c1-10(9-25)21-16-23-14(11-5-6-11)8-15(24-16)22-12-3-2-4-13(7-12)26-17(18,19)20/h2-4,7-8,10-11,25H,5-6,9H2,1H3,(H2,21,22,23,24)/t10-/m0/s1. The molecule has 3 rings (SSSR count). The molecule has 0 saturated heterocycles. The normalized spacial score (nSPS) is 15.4. The maximum atomic E-state index is 12.4. The lowest BCUT2D eigenvalue weighted by atomic mass is 10.2. The van der Waals surface area contributed by atoms with E-state index in [0.717, 1.165) is 18.5 Å². The molecule has 0 radical (unpaired) electrons. The minimum absolute atomic E-state index is 0.0728. The fourth-order valence-corrected chi connectivity index (χ4v) is 2.37. The van der Waals surface area contributed by atoms with E-state index in [1.54, 1.807) is 19.1 Å². The monoisotopic (exact) mass is 368 g/mol. The number of rotatable bonds is 7. The van der Waals surface area contributed by atoms with Crippen LogP contribution >= 0.6 is 0 Å². The second kappa shape index (κ2) is 7.36. The van der Waals surface area contributed by atoms with E-state index in [1.807, 2.05) is 0 Å². The van der Waals surface area contributed by atoms with Crippen LogP contribution in [0.1, 0.15) is 31.4 Å². The van der Waals surface area contributed by atoms with E-state index in [1.165, 1.54) is 18.2 Å². The number of aliphatic hydroxyl groups excluding tert-OH is 1.